The van der Waals surface area contributed by atoms with Crippen LogP contribution in [-0.2, 0) is 18.0 Å². The molecule has 1 fully saturated rings. The fraction of sp³-hybridized carbons (Fsp3) is 0.321. The van der Waals surface area contributed by atoms with Gasteiger partial charge in [0.25, 0.3) is 0 Å². The van der Waals surface area contributed by atoms with Crippen molar-refractivity contribution < 1.29 is 27.1 Å². The number of nitrogens with one attached hydrogen (secondary N) is 2. The number of benzene rings is 2. The van der Waals surface area contributed by atoms with Crippen molar-refractivity contribution in [1.82, 2.24) is 24.3 Å². The molecule has 0 bridgehead atoms. The van der Waals surface area contributed by atoms with Crippen molar-refractivity contribution in [2.24, 2.45) is 7.05 Å². The van der Waals surface area contributed by atoms with Gasteiger partial charge in [-0.05, 0) is 56.9 Å². The van der Waals surface area contributed by atoms with Crippen LogP contribution in [0.25, 0.3) is 11.0 Å². The molecule has 1 amide bonds. The van der Waals surface area contributed by atoms with Crippen molar-refractivity contribution in [1.29, 1.82) is 0 Å². The van der Waals surface area contributed by atoms with E-state index in [1.807, 2.05) is 14.1 Å². The molecule has 0 unspecified atom stereocenters. The minimum absolute atomic E-state index is 0.152. The summed E-state index contributed by atoms with van der Waals surface area (Å²) in [4.78, 5) is 25.5. The highest BCUT2D eigenvalue weighted by Crippen LogP contribution is 2.34. The SMILES string of the molecule is CN(C)[C@@H]1CCN(CC(=O)Nc2cc(Oc3ccc4c(c3)nc(Nc3cc(C(F)(F)F)ccc3F)n4C)ccn2)C1. The lowest BCUT2D eigenvalue weighted by Crippen LogP contribution is -2.35. The van der Waals surface area contributed by atoms with E-state index in [9.17, 15) is 22.4 Å². The normalized spacial score (nSPS) is 16.0. The molecule has 4 aromatic rings. The molecular weight excluding hydrogens is 542 g/mol. The molecule has 2 aromatic carbocycles. The Bertz CT molecular complexity index is 1570. The van der Waals surface area contributed by atoms with Crippen LogP contribution in [0.4, 0.5) is 35.0 Å². The average Bonchev–Trinajstić information content (AvgIpc) is 3.49. The van der Waals surface area contributed by atoms with Crippen LogP contribution in [0.3, 0.4) is 0 Å². The number of likely N-dealkylation sites (tertiary alicyclic amines) is 1. The van der Waals surface area contributed by atoms with Gasteiger partial charge >= 0.3 is 6.18 Å². The van der Waals surface area contributed by atoms with Crippen molar-refractivity contribution in [3.05, 3.63) is 66.1 Å². The fourth-order valence-corrected chi connectivity index (χ4v) is 4.71. The van der Waals surface area contributed by atoms with E-state index in [0.717, 1.165) is 25.6 Å². The van der Waals surface area contributed by atoms with Gasteiger partial charge in [0.05, 0.1) is 28.8 Å². The molecule has 41 heavy (non-hydrogen) atoms. The Labute approximate surface area is 233 Å². The number of nitrogens with zero attached hydrogens (tertiary/aromatic N) is 5. The van der Waals surface area contributed by atoms with Crippen molar-refractivity contribution in [2.45, 2.75) is 18.6 Å². The van der Waals surface area contributed by atoms with Crippen molar-refractivity contribution in [3.8, 4) is 11.5 Å². The lowest BCUT2D eigenvalue weighted by molar-refractivity contribution is -0.137. The number of carbonyl (C=O) groups excluding carboxylic acids is 1. The predicted octanol–water partition coefficient (Wildman–Crippen LogP) is 5.24. The number of likely N-dealkylation sites (N-methyl/N-ethyl adjacent to an activating group) is 1. The summed E-state index contributed by atoms with van der Waals surface area (Å²) in [5, 5.41) is 5.46. The molecule has 1 atom stereocenters. The number of amides is 1. The van der Waals surface area contributed by atoms with Crippen LogP contribution in [-0.4, -0.2) is 70.0 Å². The van der Waals surface area contributed by atoms with Crippen LogP contribution in [0, 0.1) is 5.82 Å². The maximum atomic E-state index is 14.3. The molecule has 5 rings (SSSR count). The minimum Gasteiger partial charge on any atom is -0.457 e. The summed E-state index contributed by atoms with van der Waals surface area (Å²) in [5.41, 5.74) is -0.196. The van der Waals surface area contributed by atoms with Crippen molar-refractivity contribution in [3.63, 3.8) is 0 Å². The van der Waals surface area contributed by atoms with Crippen LogP contribution in [0.2, 0.25) is 0 Å². The number of imidazole rings is 1. The zero-order chi connectivity index (χ0) is 29.3. The van der Waals surface area contributed by atoms with Gasteiger partial charge in [0.1, 0.15) is 23.1 Å². The van der Waals surface area contributed by atoms with E-state index in [-0.39, 0.29) is 24.1 Å². The molecule has 0 saturated carbocycles. The van der Waals surface area contributed by atoms with Gasteiger partial charge < -0.3 is 24.8 Å². The summed E-state index contributed by atoms with van der Waals surface area (Å²) in [6, 6.07) is 10.9. The highest BCUT2D eigenvalue weighted by molar-refractivity contribution is 5.91. The molecule has 1 saturated heterocycles. The molecule has 9 nitrogen and oxygen atoms in total. The molecule has 216 valence electrons. The summed E-state index contributed by atoms with van der Waals surface area (Å²) in [7, 11) is 5.73. The van der Waals surface area contributed by atoms with E-state index in [4.69, 9.17) is 4.74 Å². The standard InChI is InChI=1S/C28H29F4N7O2/c1-37(2)18-9-11-39(15-18)16-26(40)36-25-14-20(8-10-33-25)41-19-5-7-24-23(13-19)35-27(38(24)3)34-22-12-17(28(30,31)32)4-6-21(22)29/h4-8,10,12-14,18H,9,11,15-16H2,1-3H3,(H,34,35)(H,33,36,40)/t18-/m1/s1. The number of fused-ring (bicyclic) bond motifs is 1. The van der Waals surface area contributed by atoms with Gasteiger partial charge in [0, 0.05) is 44.5 Å². The summed E-state index contributed by atoms with van der Waals surface area (Å²) < 4.78 is 61.1. The molecule has 0 spiro atoms. The Morgan fingerprint density at radius 3 is 2.63 bits per heavy atom. The second-order valence-electron chi connectivity index (χ2n) is 10.1. The van der Waals surface area contributed by atoms with E-state index in [1.54, 1.807) is 41.9 Å². The first-order valence-corrected chi connectivity index (χ1v) is 12.9. The van der Waals surface area contributed by atoms with Gasteiger partial charge in [-0.3, -0.25) is 9.69 Å². The topological polar surface area (TPSA) is 87.5 Å². The number of halogens is 4. The Kier molecular flexibility index (Phi) is 7.82. The zero-order valence-corrected chi connectivity index (χ0v) is 22.7. The first-order valence-electron chi connectivity index (χ1n) is 12.9. The molecular formula is C28H29F4N7O2. The maximum absolute atomic E-state index is 14.3. The number of hydrogen-bond donors (Lipinski definition) is 2. The van der Waals surface area contributed by atoms with Crippen molar-refractivity contribution >= 4 is 34.4 Å². The summed E-state index contributed by atoms with van der Waals surface area (Å²) in [6.07, 6.45) is -2.07. The third-order valence-electron chi connectivity index (χ3n) is 6.97. The van der Waals surface area contributed by atoms with E-state index in [2.05, 4.69) is 30.4 Å². The lowest BCUT2D eigenvalue weighted by atomic mass is 10.2. The van der Waals surface area contributed by atoms with Crippen LogP contribution >= 0.6 is 0 Å². The summed E-state index contributed by atoms with van der Waals surface area (Å²) in [6.45, 7) is 1.96. The predicted molar refractivity (Wildman–Crippen MR) is 147 cm³/mol. The number of aromatic nitrogens is 3. The summed E-state index contributed by atoms with van der Waals surface area (Å²) >= 11 is 0. The third-order valence-corrected chi connectivity index (χ3v) is 6.97. The van der Waals surface area contributed by atoms with Crippen LogP contribution in [0.1, 0.15) is 12.0 Å². The summed E-state index contributed by atoms with van der Waals surface area (Å²) in [5.74, 6) is 0.365. The van der Waals surface area contributed by atoms with E-state index < -0.39 is 17.6 Å². The molecule has 1 aliphatic rings. The van der Waals surface area contributed by atoms with Gasteiger partial charge in [-0.25, -0.2) is 14.4 Å². The van der Waals surface area contributed by atoms with E-state index >= 15 is 0 Å². The molecule has 3 heterocycles. The second-order valence-corrected chi connectivity index (χ2v) is 10.1. The highest BCUT2D eigenvalue weighted by Gasteiger charge is 2.31. The van der Waals surface area contributed by atoms with Crippen LogP contribution < -0.4 is 15.4 Å². The first-order chi connectivity index (χ1) is 19.5. The number of aryl methyl sites for hydroxylation is 1. The number of pyridine rings is 1. The Hall–Kier alpha value is -4.23. The smallest absolute Gasteiger partial charge is 0.416 e. The Morgan fingerprint density at radius 2 is 1.90 bits per heavy atom. The van der Waals surface area contributed by atoms with Crippen LogP contribution in [0.5, 0.6) is 11.5 Å². The number of alkyl halides is 3. The molecule has 0 radical (unpaired) electrons. The van der Waals surface area contributed by atoms with E-state index in [1.165, 1.54) is 6.20 Å². The van der Waals surface area contributed by atoms with E-state index in [0.29, 0.717) is 46.5 Å². The quantitative estimate of drug-likeness (QED) is 0.280. The average molecular weight is 572 g/mol. The fourth-order valence-electron chi connectivity index (χ4n) is 4.71. The number of carbonyl (C=O) groups is 1. The van der Waals surface area contributed by atoms with Gasteiger partial charge in [0.15, 0.2) is 0 Å². The second kappa shape index (κ2) is 11.3. The molecule has 13 heteroatoms. The largest absolute Gasteiger partial charge is 0.457 e. The molecule has 1 aliphatic heterocycles. The lowest BCUT2D eigenvalue weighted by Gasteiger charge is -2.20. The number of anilines is 3. The number of ether oxygens (including phenoxy) is 1. The van der Waals surface area contributed by atoms with Crippen LogP contribution in [0.15, 0.2) is 54.7 Å². The zero-order valence-electron chi connectivity index (χ0n) is 22.7. The van der Waals surface area contributed by atoms with Gasteiger partial charge in [-0.1, -0.05) is 0 Å². The van der Waals surface area contributed by atoms with Gasteiger partial charge in [0.2, 0.25) is 11.9 Å². The first kappa shape index (κ1) is 28.3. The number of hydrogen-bond acceptors (Lipinski definition) is 7. The maximum Gasteiger partial charge on any atom is 0.416 e. The molecule has 0 aliphatic carbocycles. The monoisotopic (exact) mass is 571 g/mol. The van der Waals surface area contributed by atoms with Gasteiger partial charge in [-0.15, -0.1) is 0 Å². The minimum atomic E-state index is -4.61. The third kappa shape index (κ3) is 6.57. The Balaban J connectivity index is 1.27. The van der Waals surface area contributed by atoms with Crippen molar-refractivity contribution in [2.75, 3.05) is 44.4 Å². The molecule has 2 aromatic heterocycles. The molecule has 2 N–H and O–H groups in total. The van der Waals surface area contributed by atoms with Gasteiger partial charge in [-0.2, -0.15) is 13.2 Å². The highest BCUT2D eigenvalue weighted by atomic mass is 19.4. The number of rotatable bonds is 8. The Morgan fingerprint density at radius 1 is 1.12 bits per heavy atom.